The number of ether oxygens (including phenoxy) is 1. The number of rotatable bonds is 16. The van der Waals surface area contributed by atoms with Crippen molar-refractivity contribution >= 4 is 5.78 Å². The minimum absolute atomic E-state index is 0.105. The van der Waals surface area contributed by atoms with E-state index in [4.69, 9.17) is 4.74 Å². The predicted molar refractivity (Wildman–Crippen MR) is 108 cm³/mol. The minimum atomic E-state index is 0.105. The van der Waals surface area contributed by atoms with E-state index in [0.717, 1.165) is 32.1 Å². The van der Waals surface area contributed by atoms with E-state index in [0.29, 0.717) is 23.7 Å². The first-order valence-electron chi connectivity index (χ1n) is 11.1. The van der Waals surface area contributed by atoms with Gasteiger partial charge in [0.1, 0.15) is 5.78 Å². The SMILES string of the molecule is CCCCCCCCCCCC(=O)CCC(C)C(C)CC1(C)OC1C. The lowest BCUT2D eigenvalue weighted by atomic mass is 9.83. The van der Waals surface area contributed by atoms with Gasteiger partial charge in [-0.3, -0.25) is 4.79 Å². The standard InChI is InChI=1S/C23H44O2/c1-6-7-8-9-10-11-12-13-14-15-22(24)17-16-19(2)20(3)18-23(5)21(4)25-23/h19-21H,6-18H2,1-5H3. The summed E-state index contributed by atoms with van der Waals surface area (Å²) in [5.74, 6) is 1.72. The molecule has 0 bridgehead atoms. The summed E-state index contributed by atoms with van der Waals surface area (Å²) in [5.41, 5.74) is 0.105. The molecule has 2 heteroatoms. The van der Waals surface area contributed by atoms with E-state index in [2.05, 4.69) is 34.6 Å². The average molecular weight is 353 g/mol. The number of epoxide rings is 1. The Morgan fingerprint density at radius 1 is 0.920 bits per heavy atom. The van der Waals surface area contributed by atoms with Crippen molar-refractivity contribution < 1.29 is 9.53 Å². The van der Waals surface area contributed by atoms with Gasteiger partial charge in [-0.25, -0.2) is 0 Å². The van der Waals surface area contributed by atoms with E-state index in [9.17, 15) is 4.79 Å². The number of hydrogen-bond donors (Lipinski definition) is 0. The minimum Gasteiger partial charge on any atom is -0.367 e. The van der Waals surface area contributed by atoms with Crippen LogP contribution in [-0.2, 0) is 9.53 Å². The lowest BCUT2D eigenvalue weighted by Gasteiger charge is -2.21. The van der Waals surface area contributed by atoms with Crippen molar-refractivity contribution in [3.63, 3.8) is 0 Å². The molecule has 1 heterocycles. The average Bonchev–Trinajstić information content (AvgIpc) is 3.16. The molecular weight excluding hydrogens is 308 g/mol. The molecule has 148 valence electrons. The van der Waals surface area contributed by atoms with Gasteiger partial charge < -0.3 is 4.74 Å². The molecule has 0 aromatic carbocycles. The van der Waals surface area contributed by atoms with Gasteiger partial charge in [0, 0.05) is 12.8 Å². The van der Waals surface area contributed by atoms with Crippen LogP contribution in [0.3, 0.4) is 0 Å². The van der Waals surface area contributed by atoms with Crippen molar-refractivity contribution in [3.05, 3.63) is 0 Å². The van der Waals surface area contributed by atoms with Crippen molar-refractivity contribution in [2.45, 2.75) is 130 Å². The molecule has 0 spiro atoms. The monoisotopic (exact) mass is 352 g/mol. The summed E-state index contributed by atoms with van der Waals surface area (Å²) in [6.45, 7) is 11.3. The van der Waals surface area contributed by atoms with Crippen LogP contribution in [0.4, 0.5) is 0 Å². The lowest BCUT2D eigenvalue weighted by molar-refractivity contribution is -0.119. The third-order valence-corrected chi connectivity index (χ3v) is 6.39. The summed E-state index contributed by atoms with van der Waals surface area (Å²) >= 11 is 0. The Balaban J connectivity index is 1.96. The molecule has 25 heavy (non-hydrogen) atoms. The van der Waals surface area contributed by atoms with Crippen LogP contribution in [0.2, 0.25) is 0 Å². The Bertz CT molecular complexity index is 365. The van der Waals surface area contributed by atoms with E-state index in [-0.39, 0.29) is 5.60 Å². The van der Waals surface area contributed by atoms with E-state index < -0.39 is 0 Å². The number of hydrogen-bond acceptors (Lipinski definition) is 2. The van der Waals surface area contributed by atoms with Crippen LogP contribution in [0.15, 0.2) is 0 Å². The van der Waals surface area contributed by atoms with Gasteiger partial charge in [-0.1, -0.05) is 72.1 Å². The van der Waals surface area contributed by atoms with E-state index in [1.54, 1.807) is 0 Å². The van der Waals surface area contributed by atoms with Crippen LogP contribution >= 0.6 is 0 Å². The van der Waals surface area contributed by atoms with Crippen LogP contribution in [-0.4, -0.2) is 17.5 Å². The second-order valence-corrected chi connectivity index (χ2v) is 8.89. The molecule has 1 rings (SSSR count). The third-order valence-electron chi connectivity index (χ3n) is 6.39. The van der Waals surface area contributed by atoms with Gasteiger partial charge in [0.2, 0.25) is 0 Å². The smallest absolute Gasteiger partial charge is 0.132 e. The highest BCUT2D eigenvalue weighted by Crippen LogP contribution is 2.42. The highest BCUT2D eigenvalue weighted by Gasteiger charge is 2.49. The molecule has 0 amide bonds. The molecule has 1 aliphatic heterocycles. The summed E-state index contributed by atoms with van der Waals surface area (Å²) in [6.07, 6.45) is 16.0. The van der Waals surface area contributed by atoms with Crippen molar-refractivity contribution in [3.8, 4) is 0 Å². The van der Waals surface area contributed by atoms with Crippen molar-refractivity contribution in [2.24, 2.45) is 11.8 Å². The molecule has 0 aliphatic carbocycles. The number of Topliss-reactive ketones (excluding diaryl/α,β-unsaturated/α-hetero) is 1. The van der Waals surface area contributed by atoms with Crippen molar-refractivity contribution in [1.29, 1.82) is 0 Å². The lowest BCUT2D eigenvalue weighted by Crippen LogP contribution is -2.19. The predicted octanol–water partition coefficient (Wildman–Crippen LogP) is 7.10. The number of unbranched alkanes of at least 4 members (excludes halogenated alkanes) is 8. The molecule has 2 nitrogen and oxygen atoms in total. The molecule has 0 radical (unpaired) electrons. The van der Waals surface area contributed by atoms with Gasteiger partial charge >= 0.3 is 0 Å². The number of carbonyl (C=O) groups excluding carboxylic acids is 1. The fraction of sp³-hybridized carbons (Fsp3) is 0.957. The first-order valence-corrected chi connectivity index (χ1v) is 11.1. The first kappa shape index (κ1) is 22.7. The molecule has 0 aromatic heterocycles. The van der Waals surface area contributed by atoms with E-state index >= 15 is 0 Å². The zero-order valence-corrected chi connectivity index (χ0v) is 17.7. The summed E-state index contributed by atoms with van der Waals surface area (Å²) in [6, 6.07) is 0. The second-order valence-electron chi connectivity index (χ2n) is 8.89. The summed E-state index contributed by atoms with van der Waals surface area (Å²) < 4.78 is 5.70. The highest BCUT2D eigenvalue weighted by molar-refractivity contribution is 5.78. The first-order chi connectivity index (χ1) is 11.9. The summed E-state index contributed by atoms with van der Waals surface area (Å²) in [5, 5.41) is 0. The maximum atomic E-state index is 12.1. The van der Waals surface area contributed by atoms with Crippen molar-refractivity contribution in [1.82, 2.24) is 0 Å². The Hall–Kier alpha value is -0.370. The Morgan fingerprint density at radius 2 is 1.44 bits per heavy atom. The number of ketones is 1. The molecule has 4 atom stereocenters. The molecule has 1 aliphatic rings. The van der Waals surface area contributed by atoms with Crippen molar-refractivity contribution in [2.75, 3.05) is 0 Å². The Labute approximate surface area is 157 Å². The molecule has 1 fully saturated rings. The second kappa shape index (κ2) is 12.1. The zero-order valence-electron chi connectivity index (χ0n) is 17.7. The quantitative estimate of drug-likeness (QED) is 0.219. The van der Waals surface area contributed by atoms with Gasteiger partial charge in [-0.2, -0.15) is 0 Å². The van der Waals surface area contributed by atoms with E-state index in [1.807, 2.05) is 0 Å². The normalized spacial score (nSPS) is 24.9. The van der Waals surface area contributed by atoms with Gasteiger partial charge in [-0.15, -0.1) is 0 Å². The largest absolute Gasteiger partial charge is 0.367 e. The van der Waals surface area contributed by atoms with Crippen LogP contribution in [0.5, 0.6) is 0 Å². The van der Waals surface area contributed by atoms with Gasteiger partial charge in [0.25, 0.3) is 0 Å². The van der Waals surface area contributed by atoms with Crippen LogP contribution in [0.25, 0.3) is 0 Å². The fourth-order valence-electron chi connectivity index (χ4n) is 3.86. The maximum absolute atomic E-state index is 12.1. The fourth-order valence-corrected chi connectivity index (χ4v) is 3.86. The van der Waals surface area contributed by atoms with Gasteiger partial charge in [-0.05, 0) is 44.9 Å². The molecule has 1 saturated heterocycles. The highest BCUT2D eigenvalue weighted by atomic mass is 16.6. The molecule has 0 N–H and O–H groups in total. The Morgan fingerprint density at radius 3 is 1.96 bits per heavy atom. The van der Waals surface area contributed by atoms with Crippen LogP contribution < -0.4 is 0 Å². The zero-order chi connectivity index (χ0) is 18.7. The summed E-state index contributed by atoms with van der Waals surface area (Å²) in [7, 11) is 0. The molecule has 0 aromatic rings. The van der Waals surface area contributed by atoms with E-state index in [1.165, 1.54) is 51.4 Å². The molecule has 0 saturated carbocycles. The van der Waals surface area contributed by atoms with Gasteiger partial charge in [0.05, 0.1) is 11.7 Å². The summed E-state index contributed by atoms with van der Waals surface area (Å²) in [4.78, 5) is 12.1. The van der Waals surface area contributed by atoms with Crippen LogP contribution in [0, 0.1) is 11.8 Å². The van der Waals surface area contributed by atoms with Crippen LogP contribution in [0.1, 0.15) is 118 Å². The topological polar surface area (TPSA) is 29.6 Å². The molecular formula is C23H44O2. The van der Waals surface area contributed by atoms with Gasteiger partial charge in [0.15, 0.2) is 0 Å². The maximum Gasteiger partial charge on any atom is 0.132 e. The molecule has 4 unspecified atom stereocenters. The third kappa shape index (κ3) is 9.78. The number of carbonyl (C=O) groups is 1. The Kier molecular flexibility index (Phi) is 11.0.